The Balaban J connectivity index is 3.29. The fourth-order valence-electron chi connectivity index (χ4n) is 0.0975. The van der Waals surface area contributed by atoms with Crippen LogP contribution in [0.3, 0.4) is 0 Å². The molecule has 0 fully saturated rings. The predicted molar refractivity (Wildman–Crippen MR) is 32.0 cm³/mol. The van der Waals surface area contributed by atoms with Gasteiger partial charge in [0.25, 0.3) is 0 Å². The molecule has 0 spiro atoms. The topological polar surface area (TPSA) is 103 Å². The molecular formula is H6IN5O2. The lowest BCUT2D eigenvalue weighted by molar-refractivity contribution is -1.55. The maximum absolute atomic E-state index is 10.1. The van der Waals surface area contributed by atoms with E-state index in [1.165, 1.54) is 0 Å². The van der Waals surface area contributed by atoms with Gasteiger partial charge >= 0.3 is 0 Å². The van der Waals surface area contributed by atoms with E-state index in [0.29, 0.717) is 0 Å². The third kappa shape index (κ3) is 2.68. The van der Waals surface area contributed by atoms with Gasteiger partial charge in [0.1, 0.15) is 0 Å². The number of quaternary nitrogens is 2. The lowest BCUT2D eigenvalue weighted by atomic mass is 12.2. The molecule has 0 aromatic rings. The van der Waals surface area contributed by atoms with Crippen LogP contribution in [0, 0.1) is 5.21 Å². The Labute approximate surface area is 59.4 Å². The van der Waals surface area contributed by atoms with E-state index in [0.717, 1.165) is 0 Å². The Bertz CT molecular complexity index is 50.4. The Morgan fingerprint density at radius 1 is 1.88 bits per heavy atom. The summed E-state index contributed by atoms with van der Waals surface area (Å²) in [5.41, 5.74) is 0. The van der Waals surface area contributed by atoms with Gasteiger partial charge in [-0.05, 0) is 5.34 Å². The summed E-state index contributed by atoms with van der Waals surface area (Å²) in [4.78, 5) is 3.67. The predicted octanol–water partition coefficient (Wildman–Crippen LogP) is -3.20. The number of halogens is 1. The maximum Gasteiger partial charge on any atom is 0.0843 e. The molecule has 0 radical (unpaired) electrons. The molecule has 0 aromatic heterocycles. The van der Waals surface area contributed by atoms with Crippen LogP contribution in [0.4, 0.5) is 0 Å². The molecule has 0 amide bonds. The van der Waals surface area contributed by atoms with E-state index in [1.54, 1.807) is 22.9 Å². The second kappa shape index (κ2) is 4.34. The smallest absolute Gasteiger partial charge is 0.0843 e. The van der Waals surface area contributed by atoms with Crippen molar-refractivity contribution in [3.63, 3.8) is 0 Å². The average Bonchev–Trinajstić information content (AvgIpc) is 1.84. The average molecular weight is 235 g/mol. The molecule has 0 bridgehead atoms. The van der Waals surface area contributed by atoms with Crippen molar-refractivity contribution in [2.24, 2.45) is 5.90 Å². The van der Waals surface area contributed by atoms with Crippen LogP contribution in [-0.4, -0.2) is 0 Å². The highest BCUT2D eigenvalue weighted by Gasteiger charge is 1.97. The largest absolute Gasteiger partial charge is 0.547 e. The summed E-state index contributed by atoms with van der Waals surface area (Å²) in [7, 11) is 0. The van der Waals surface area contributed by atoms with Crippen molar-refractivity contribution in [3.05, 3.63) is 11.0 Å². The van der Waals surface area contributed by atoms with Gasteiger partial charge in [-0.15, -0.1) is 5.23 Å². The van der Waals surface area contributed by atoms with Crippen molar-refractivity contribution in [1.29, 1.82) is 0 Å². The van der Waals surface area contributed by atoms with Crippen molar-refractivity contribution in [2.75, 3.05) is 0 Å². The van der Waals surface area contributed by atoms with E-state index in [2.05, 4.69) is 14.5 Å². The van der Waals surface area contributed by atoms with Gasteiger partial charge in [0.2, 0.25) is 0 Å². The first-order valence-corrected chi connectivity index (χ1v) is 2.66. The fraction of sp³-hybridized carbons (Fsp3) is 0. The van der Waals surface area contributed by atoms with Crippen LogP contribution in [0.2, 0.25) is 0 Å². The van der Waals surface area contributed by atoms with Crippen molar-refractivity contribution >= 4 is 22.9 Å². The lowest BCUT2D eigenvalue weighted by Gasteiger charge is -2.24. The van der Waals surface area contributed by atoms with E-state index in [-0.39, 0.29) is 5.23 Å². The summed E-state index contributed by atoms with van der Waals surface area (Å²) in [5, 5.41) is 8.86. The number of nitrogens with two attached hydrogens (primary N) is 1. The summed E-state index contributed by atoms with van der Waals surface area (Å²) < 4.78 is 2.21. The zero-order chi connectivity index (χ0) is 6.57. The molecule has 8 heavy (non-hydrogen) atoms. The molecule has 50 valence electrons. The molecule has 0 aliphatic carbocycles. The summed E-state index contributed by atoms with van der Waals surface area (Å²) in [5.74, 6) is 11.1. The van der Waals surface area contributed by atoms with Crippen molar-refractivity contribution in [1.82, 2.24) is 3.64 Å². The second-order valence-corrected chi connectivity index (χ2v) is 1.41. The molecule has 2 atom stereocenters. The fourth-order valence-corrected chi connectivity index (χ4v) is 0.318. The van der Waals surface area contributed by atoms with Crippen LogP contribution >= 0.6 is 22.9 Å². The molecule has 0 aliphatic rings. The van der Waals surface area contributed by atoms with Crippen LogP contribution in [0.15, 0.2) is 0 Å². The Morgan fingerprint density at radius 2 is 2.38 bits per heavy atom. The van der Waals surface area contributed by atoms with Gasteiger partial charge in [-0.1, -0.05) is 8.58 Å². The zero-order valence-electron chi connectivity index (χ0n) is 3.77. The molecule has 0 rings (SSSR count). The lowest BCUT2D eigenvalue weighted by Crippen LogP contribution is -3.57. The van der Waals surface area contributed by atoms with E-state index in [4.69, 9.17) is 5.84 Å². The highest BCUT2D eigenvalue weighted by Crippen LogP contribution is 1.48. The molecule has 2 unspecified atom stereocenters. The molecule has 0 heterocycles. The molecule has 6 N–H and O–H groups in total. The van der Waals surface area contributed by atoms with Gasteiger partial charge in [-0.2, -0.15) is 5.90 Å². The SMILES string of the molecule is [NH-][NH+](NI)[NH+]([O-])ON. The van der Waals surface area contributed by atoms with Crippen molar-refractivity contribution in [3.8, 4) is 0 Å². The number of nitrogens with one attached hydrogen (secondary N) is 4. The Hall–Kier alpha value is 0.450. The van der Waals surface area contributed by atoms with Gasteiger partial charge < -0.3 is 11.0 Å². The highest BCUT2D eigenvalue weighted by molar-refractivity contribution is 14.1. The van der Waals surface area contributed by atoms with E-state index < -0.39 is 5.34 Å². The van der Waals surface area contributed by atoms with Gasteiger partial charge in [0, 0.05) is 0 Å². The third-order valence-electron chi connectivity index (χ3n) is 0.406. The third-order valence-corrected chi connectivity index (χ3v) is 0.945. The van der Waals surface area contributed by atoms with Crippen LogP contribution in [0.1, 0.15) is 0 Å². The first kappa shape index (κ1) is 8.45. The van der Waals surface area contributed by atoms with Crippen molar-refractivity contribution < 1.29 is 15.5 Å². The Kier molecular flexibility index (Phi) is 4.58. The van der Waals surface area contributed by atoms with E-state index in [9.17, 15) is 5.21 Å². The minimum atomic E-state index is -0.876. The normalized spacial score (nSPS) is 18.0. The van der Waals surface area contributed by atoms with Crippen LogP contribution in [-0.2, 0) is 4.94 Å². The van der Waals surface area contributed by atoms with Crippen LogP contribution < -0.4 is 20.1 Å². The standard InChI is InChI=1S/H6IN5O2/c1-4-5(2)6(7)8-3/h2,4-6H,3H2. The Morgan fingerprint density at radius 3 is 2.50 bits per heavy atom. The quantitative estimate of drug-likeness (QED) is 0.235. The van der Waals surface area contributed by atoms with E-state index in [1.807, 2.05) is 0 Å². The summed E-state index contributed by atoms with van der Waals surface area (Å²) in [6, 6.07) is 0. The first-order valence-electron chi connectivity index (χ1n) is 1.58. The number of rotatable bonds is 3. The monoisotopic (exact) mass is 235 g/mol. The van der Waals surface area contributed by atoms with Crippen molar-refractivity contribution in [2.45, 2.75) is 0 Å². The molecule has 0 aliphatic heterocycles. The molecule has 0 aromatic carbocycles. The number of hydrogen-bond acceptors (Lipinski definition) is 4. The molecule has 8 heteroatoms. The minimum Gasteiger partial charge on any atom is -0.547 e. The molecular weight excluding hydrogens is 229 g/mol. The second-order valence-electron chi connectivity index (χ2n) is 0.875. The number of hydrogen-bond donors (Lipinski definition) is 4. The van der Waals surface area contributed by atoms with E-state index >= 15 is 0 Å². The summed E-state index contributed by atoms with van der Waals surface area (Å²) >= 11 is 1.62. The van der Waals surface area contributed by atoms with Crippen LogP contribution in [0.25, 0.3) is 5.84 Å². The zero-order valence-corrected chi connectivity index (χ0v) is 5.93. The van der Waals surface area contributed by atoms with Crippen LogP contribution in [0.5, 0.6) is 0 Å². The highest BCUT2D eigenvalue weighted by atomic mass is 127. The van der Waals surface area contributed by atoms with Gasteiger partial charge in [-0.25, -0.2) is 0 Å². The summed E-state index contributed by atoms with van der Waals surface area (Å²) in [6.45, 7) is 0. The first-order chi connectivity index (χ1) is 3.72. The maximum atomic E-state index is 10.1. The minimum absolute atomic E-state index is 0.367. The van der Waals surface area contributed by atoms with Gasteiger partial charge in [-0.3, -0.25) is 0 Å². The molecule has 7 nitrogen and oxygen atoms in total. The molecule has 0 saturated carbocycles. The molecule has 0 saturated heterocycles. The van der Waals surface area contributed by atoms with Gasteiger partial charge in [0.05, 0.1) is 22.9 Å². The van der Waals surface area contributed by atoms with Gasteiger partial charge in [0.15, 0.2) is 0 Å². The summed E-state index contributed by atoms with van der Waals surface area (Å²) in [6.07, 6.45) is 0.